The average Bonchev–Trinajstić information content (AvgIpc) is 0.759. The summed E-state index contributed by atoms with van der Waals surface area (Å²) in [5, 5.41) is 277. The number of amides is 4. The van der Waals surface area contributed by atoms with Gasteiger partial charge in [-0.15, -0.1) is 0 Å². The van der Waals surface area contributed by atoms with Crippen LogP contribution in [0.5, 0.6) is 0 Å². The summed E-state index contributed by atoms with van der Waals surface area (Å²) in [6.45, 7) is -3.75. The summed E-state index contributed by atoms with van der Waals surface area (Å²) < 4.78 is 102. The Balaban J connectivity index is 1.08. The van der Waals surface area contributed by atoms with Gasteiger partial charge in [0, 0.05) is 27.7 Å². The highest BCUT2D eigenvalue weighted by molar-refractivity contribution is 5.74. The molecule has 9 rings (SSSR count). The first-order valence-corrected chi connectivity index (χ1v) is 35.5. The predicted octanol–water partition coefficient (Wildman–Crippen LogP) is -19.0. The van der Waals surface area contributed by atoms with Crippen LogP contribution < -0.4 is 21.3 Å². The largest absolute Gasteiger partial charge is 0.394 e. The number of carbonyl (C=O) groups is 4. The van der Waals surface area contributed by atoms with E-state index in [1.165, 1.54) is 6.92 Å². The van der Waals surface area contributed by atoms with Crippen molar-refractivity contribution in [2.75, 3.05) is 52.9 Å². The van der Waals surface area contributed by atoms with E-state index in [2.05, 4.69) is 21.3 Å². The maximum Gasteiger partial charge on any atom is 0.217 e. The minimum absolute atomic E-state index is 0.783. The monoisotopic (exact) mass is 1620 g/mol. The molecule has 49 heteroatoms. The summed E-state index contributed by atoms with van der Waals surface area (Å²) in [6.07, 6.45) is -84.8. The molecule has 9 heterocycles. The Hall–Kier alpha value is -3.76. The molecule has 9 saturated heterocycles. The van der Waals surface area contributed by atoms with Crippen molar-refractivity contribution in [3.8, 4) is 0 Å². The van der Waals surface area contributed by atoms with Gasteiger partial charge >= 0.3 is 0 Å². The minimum Gasteiger partial charge on any atom is -0.394 e. The quantitative estimate of drug-likeness (QED) is 0.0346. The van der Waals surface area contributed by atoms with Gasteiger partial charge in [-0.25, -0.2) is 0 Å². The maximum absolute atomic E-state index is 13.4. The standard InChI is InChI=1S/C62H104N4O45/c1-14-31(78)40(87)44(91)58(96-14)108-50-30(66-18(5)77)57(103-25(12-73)49(50)107-59-45(92)41(88)33(80)20(7-68)99-59)110-52-42(89)34(81)21(8-69)100-61(52)95-13-26-36(83)51(109-62-53(43(90)35(82)22(9-70)101-62)111-55-28(64-16(3)75)37(84)32(79)19(6-67)98-55)46(93)60(104-26)106-48-24(11-72)102-56(29(39(48)86)65-17(4)76)105-47-23(10-71)97-54(94)27(38(47)85)63-15(2)74/h14,19-62,67-73,78-94H,6-13H2,1-5H3,(H,63,74)(H,64,75)(H,65,76)(H,66,77)/t14-,19+,20+,21+,22+,23+,24+,25+,26+,27+,28+,29+,30+,31+,32+,33-,34+,35+,36+,37+,38+,39+,40+,41-,42-,43-,44-,45+,46-,47+,48+,49+,50+,51-,52-,53-,54+,55-,56-,57-,58-,59-,60-,61-,62+/m0/s1. The molecule has 0 aromatic rings. The predicted molar refractivity (Wildman–Crippen MR) is 342 cm³/mol. The summed E-state index contributed by atoms with van der Waals surface area (Å²) in [4.78, 5) is 51.0. The topological polar surface area (TPSA) is 759 Å². The van der Waals surface area contributed by atoms with E-state index in [1.54, 1.807) is 0 Å². The van der Waals surface area contributed by atoms with Gasteiger partial charge < -0.3 is 224 Å². The highest BCUT2D eigenvalue weighted by atomic mass is 16.8. The fourth-order valence-corrected chi connectivity index (χ4v) is 14.4. The second kappa shape index (κ2) is 39.7. The van der Waals surface area contributed by atoms with Gasteiger partial charge in [-0.2, -0.15) is 0 Å². The molecule has 111 heavy (non-hydrogen) atoms. The van der Waals surface area contributed by atoms with Gasteiger partial charge in [0.15, 0.2) is 56.6 Å². The van der Waals surface area contributed by atoms with Crippen LogP contribution in [0.25, 0.3) is 0 Å². The summed E-state index contributed by atoms with van der Waals surface area (Å²) in [6, 6.07) is -7.33. The van der Waals surface area contributed by atoms with Crippen LogP contribution in [0.2, 0.25) is 0 Å². The minimum atomic E-state index is -2.55. The Morgan fingerprint density at radius 3 is 1.07 bits per heavy atom. The first kappa shape index (κ1) is 91.1. The molecule has 28 N–H and O–H groups in total. The van der Waals surface area contributed by atoms with Crippen LogP contribution in [0.3, 0.4) is 0 Å². The Morgan fingerprint density at radius 1 is 0.252 bits per heavy atom. The van der Waals surface area contributed by atoms with Crippen molar-refractivity contribution in [2.45, 2.75) is 311 Å². The fourth-order valence-electron chi connectivity index (χ4n) is 14.4. The van der Waals surface area contributed by atoms with Gasteiger partial charge in [-0.3, -0.25) is 19.2 Å². The summed E-state index contributed by atoms with van der Waals surface area (Å²) in [5.41, 5.74) is 0. The molecule has 4 amide bonds. The lowest BCUT2D eigenvalue weighted by atomic mass is 9.93. The van der Waals surface area contributed by atoms with E-state index in [0.717, 1.165) is 27.7 Å². The first-order valence-electron chi connectivity index (χ1n) is 35.5. The molecular formula is C62H104N4O45. The molecule has 0 aromatic carbocycles. The van der Waals surface area contributed by atoms with Crippen LogP contribution in [0.4, 0.5) is 0 Å². The lowest BCUT2D eigenvalue weighted by Gasteiger charge is -2.51. The molecule has 0 spiro atoms. The van der Waals surface area contributed by atoms with E-state index in [0.29, 0.717) is 0 Å². The number of ether oxygens (including phenoxy) is 17. The Kier molecular flexibility index (Phi) is 32.6. The van der Waals surface area contributed by atoms with Crippen molar-refractivity contribution in [3.63, 3.8) is 0 Å². The molecule has 0 radical (unpaired) electrons. The molecule has 9 aliphatic heterocycles. The van der Waals surface area contributed by atoms with E-state index in [1.807, 2.05) is 0 Å². The number of rotatable bonds is 28. The van der Waals surface area contributed by atoms with Gasteiger partial charge in [-0.05, 0) is 6.92 Å². The van der Waals surface area contributed by atoms with Crippen LogP contribution in [-0.4, -0.2) is 475 Å². The van der Waals surface area contributed by atoms with E-state index in [9.17, 15) is 142 Å². The van der Waals surface area contributed by atoms with Crippen LogP contribution in [0.1, 0.15) is 34.6 Å². The molecule has 9 fully saturated rings. The third-order valence-electron chi connectivity index (χ3n) is 20.3. The van der Waals surface area contributed by atoms with E-state index in [4.69, 9.17) is 80.5 Å². The zero-order chi connectivity index (χ0) is 81.8. The van der Waals surface area contributed by atoms with Crippen molar-refractivity contribution in [1.29, 1.82) is 0 Å². The zero-order valence-corrected chi connectivity index (χ0v) is 59.9. The number of hydrogen-bond acceptors (Lipinski definition) is 45. The van der Waals surface area contributed by atoms with Crippen molar-refractivity contribution in [3.05, 3.63) is 0 Å². The van der Waals surface area contributed by atoms with E-state index < -0.39 is 353 Å². The van der Waals surface area contributed by atoms with Crippen molar-refractivity contribution >= 4 is 23.6 Å². The summed E-state index contributed by atoms with van der Waals surface area (Å²) >= 11 is 0. The third kappa shape index (κ3) is 20.2. The highest BCUT2D eigenvalue weighted by Crippen LogP contribution is 2.40. The van der Waals surface area contributed by atoms with Gasteiger partial charge in [0.05, 0.1) is 59.0 Å². The zero-order valence-electron chi connectivity index (χ0n) is 59.9. The molecule has 0 unspecified atom stereocenters. The summed E-state index contributed by atoms with van der Waals surface area (Å²) in [7, 11) is 0. The second-order valence-corrected chi connectivity index (χ2v) is 28.1. The van der Waals surface area contributed by atoms with Gasteiger partial charge in [0.1, 0.15) is 213 Å². The number of hydrogen-bond donors (Lipinski definition) is 28. The Morgan fingerprint density at radius 2 is 0.568 bits per heavy atom. The normalized spacial score (nSPS) is 49.3. The van der Waals surface area contributed by atoms with Gasteiger partial charge in [0.25, 0.3) is 0 Å². The molecule has 9 aliphatic rings. The molecular weight excluding hydrogens is 1520 g/mol. The molecule has 45 atom stereocenters. The average molecular weight is 1630 g/mol. The van der Waals surface area contributed by atoms with Gasteiger partial charge in [-0.1, -0.05) is 0 Å². The smallest absolute Gasteiger partial charge is 0.217 e. The molecule has 642 valence electrons. The van der Waals surface area contributed by atoms with Crippen LogP contribution in [0.15, 0.2) is 0 Å². The molecule has 0 bridgehead atoms. The lowest BCUT2D eigenvalue weighted by Crippen LogP contribution is -2.71. The van der Waals surface area contributed by atoms with Crippen molar-refractivity contribution in [2.24, 2.45) is 0 Å². The number of aliphatic hydroxyl groups is 24. The van der Waals surface area contributed by atoms with Crippen LogP contribution in [0, 0.1) is 0 Å². The highest BCUT2D eigenvalue weighted by Gasteiger charge is 2.61. The molecule has 0 aromatic heterocycles. The Bertz CT molecular complexity index is 2950. The van der Waals surface area contributed by atoms with Crippen molar-refractivity contribution in [1.82, 2.24) is 21.3 Å². The Labute approximate surface area is 629 Å². The van der Waals surface area contributed by atoms with E-state index in [-0.39, 0.29) is 0 Å². The number of carbonyl (C=O) groups excluding carboxylic acids is 4. The molecule has 0 saturated carbocycles. The SMILES string of the molecule is CC(=O)N[C@@H]1[C@@H](O)[C@H](O[C@@H]2O[C@H](CO)[C@@H](O[C@@H]3O[C@H](CO[C@H]4O[C@H](CO)[C@@H](O)[C@H](O)[C@@H]4O[C@@H]4O[C@H](CO)[C@@H](O[C@@H]5O[C@H](CO)[C@H](O)[C@H](O)[C@H]5O)[C@H](O[C@@H]5O[C@@H](C)[C@@H](O)[C@@H](O)[C@@H]5O)[C@H]4NC(C)=O)[C@@H](O)[C@H](O[C@H]4O[C@H](CO)[C@@H](O)[C@H](O)[C@@H]4O[C@@H]4O[C@H](CO)[C@@H](O)[C@H](O)[C@H]4NC(C)=O)[C@@H]3O)[C@H](O)[C@H]2NC(C)=O)[C@@H](CO)O[C@H]1O. The van der Waals surface area contributed by atoms with Gasteiger partial charge in [0.2, 0.25) is 23.6 Å². The number of aliphatic hydroxyl groups excluding tert-OH is 24. The molecule has 49 nitrogen and oxygen atoms in total. The van der Waals surface area contributed by atoms with Crippen LogP contribution in [-0.2, 0) is 99.7 Å². The maximum atomic E-state index is 13.4. The third-order valence-corrected chi connectivity index (χ3v) is 20.3. The lowest BCUT2D eigenvalue weighted by molar-refractivity contribution is -0.398. The molecule has 0 aliphatic carbocycles. The van der Waals surface area contributed by atoms with Crippen LogP contribution >= 0.6 is 0 Å². The second-order valence-electron chi connectivity index (χ2n) is 28.1. The van der Waals surface area contributed by atoms with E-state index >= 15 is 0 Å². The first-order chi connectivity index (χ1) is 52.5. The fraction of sp³-hybridized carbons (Fsp3) is 0.935. The summed E-state index contributed by atoms with van der Waals surface area (Å²) in [5.74, 6) is -3.57. The number of nitrogens with one attached hydrogen (secondary N) is 4. The van der Waals surface area contributed by atoms with Crippen molar-refractivity contribution < 1.29 is 222 Å².